The summed E-state index contributed by atoms with van der Waals surface area (Å²) < 4.78 is 6.48. The van der Waals surface area contributed by atoms with Crippen molar-refractivity contribution in [3.8, 4) is 5.75 Å². The molecule has 22 heavy (non-hydrogen) atoms. The van der Waals surface area contributed by atoms with Crippen LogP contribution in [0.5, 0.6) is 5.75 Å². The van der Waals surface area contributed by atoms with Gasteiger partial charge in [-0.25, -0.2) is 4.79 Å². The molecule has 1 saturated heterocycles. The van der Waals surface area contributed by atoms with Gasteiger partial charge in [0.05, 0.1) is 11.0 Å². The molecule has 0 unspecified atom stereocenters. The summed E-state index contributed by atoms with van der Waals surface area (Å²) in [5, 5.41) is 2.83. The van der Waals surface area contributed by atoms with Crippen LogP contribution in [0.4, 0.5) is 4.79 Å². The number of carbonyl (C=O) groups excluding carboxylic acids is 2. The van der Waals surface area contributed by atoms with Crippen LogP contribution in [0.1, 0.15) is 6.92 Å². The van der Waals surface area contributed by atoms with Crippen LogP contribution in [0.15, 0.2) is 28.7 Å². The van der Waals surface area contributed by atoms with Crippen molar-refractivity contribution in [2.75, 3.05) is 39.3 Å². The first kappa shape index (κ1) is 16.6. The van der Waals surface area contributed by atoms with Crippen molar-refractivity contribution in [1.29, 1.82) is 0 Å². The van der Waals surface area contributed by atoms with E-state index in [1.807, 2.05) is 24.3 Å². The number of ether oxygens (including phenoxy) is 1. The molecule has 1 aliphatic rings. The van der Waals surface area contributed by atoms with Crippen molar-refractivity contribution in [1.82, 2.24) is 15.1 Å². The lowest BCUT2D eigenvalue weighted by Gasteiger charge is -2.34. The maximum Gasteiger partial charge on any atom is 0.317 e. The molecule has 0 aliphatic carbocycles. The molecule has 1 aromatic rings. The van der Waals surface area contributed by atoms with E-state index in [1.54, 1.807) is 16.7 Å². The van der Waals surface area contributed by atoms with Crippen molar-refractivity contribution in [2.45, 2.75) is 6.92 Å². The van der Waals surface area contributed by atoms with Crippen LogP contribution < -0.4 is 10.1 Å². The van der Waals surface area contributed by atoms with E-state index in [-0.39, 0.29) is 11.9 Å². The molecular weight excluding hydrogens is 350 g/mol. The van der Waals surface area contributed by atoms with Crippen molar-refractivity contribution in [3.05, 3.63) is 28.7 Å². The third-order valence-electron chi connectivity index (χ3n) is 3.48. The van der Waals surface area contributed by atoms with Gasteiger partial charge in [0.2, 0.25) is 5.91 Å². The Morgan fingerprint density at radius 2 is 1.82 bits per heavy atom. The van der Waals surface area contributed by atoms with Gasteiger partial charge in [0.15, 0.2) is 0 Å². The third-order valence-corrected chi connectivity index (χ3v) is 4.14. The van der Waals surface area contributed by atoms with Crippen molar-refractivity contribution >= 4 is 27.9 Å². The summed E-state index contributed by atoms with van der Waals surface area (Å²) in [5.41, 5.74) is 0. The highest BCUT2D eigenvalue weighted by Gasteiger charge is 2.21. The Morgan fingerprint density at radius 1 is 1.18 bits per heavy atom. The average molecular weight is 370 g/mol. The Hall–Kier alpha value is -1.76. The molecule has 0 aromatic heterocycles. The molecule has 0 bridgehead atoms. The number of hydrogen-bond acceptors (Lipinski definition) is 3. The molecule has 1 heterocycles. The van der Waals surface area contributed by atoms with Gasteiger partial charge in [0, 0.05) is 33.1 Å². The predicted molar refractivity (Wildman–Crippen MR) is 86.9 cm³/mol. The van der Waals surface area contributed by atoms with Gasteiger partial charge in [-0.2, -0.15) is 0 Å². The quantitative estimate of drug-likeness (QED) is 0.821. The molecule has 6 nitrogen and oxygen atoms in total. The topological polar surface area (TPSA) is 61.9 Å². The van der Waals surface area contributed by atoms with E-state index in [4.69, 9.17) is 4.74 Å². The molecular formula is C15H20BrN3O3. The minimum atomic E-state index is -0.112. The zero-order valence-corrected chi connectivity index (χ0v) is 14.1. The highest BCUT2D eigenvalue weighted by Crippen LogP contribution is 2.23. The lowest BCUT2D eigenvalue weighted by atomic mass is 10.3. The molecule has 0 radical (unpaired) electrons. The fourth-order valence-electron chi connectivity index (χ4n) is 2.22. The van der Waals surface area contributed by atoms with E-state index < -0.39 is 0 Å². The molecule has 0 saturated carbocycles. The van der Waals surface area contributed by atoms with Crippen LogP contribution in [-0.2, 0) is 4.79 Å². The second-order valence-corrected chi connectivity index (χ2v) is 5.86. The van der Waals surface area contributed by atoms with Gasteiger partial charge in [0.25, 0.3) is 0 Å². The van der Waals surface area contributed by atoms with Crippen molar-refractivity contribution in [2.24, 2.45) is 0 Å². The second kappa shape index (κ2) is 8.03. The van der Waals surface area contributed by atoms with Crippen LogP contribution in [0, 0.1) is 0 Å². The van der Waals surface area contributed by atoms with E-state index in [2.05, 4.69) is 21.2 Å². The van der Waals surface area contributed by atoms with E-state index in [9.17, 15) is 9.59 Å². The standard InChI is InChI=1S/C15H20BrN3O3/c1-12(20)18-7-9-19(10-8-18)15(21)17-6-11-22-14-5-3-2-4-13(14)16/h2-5H,6-11H2,1H3,(H,17,21). The highest BCUT2D eigenvalue weighted by atomic mass is 79.9. The minimum absolute atomic E-state index is 0.0573. The number of halogens is 1. The molecule has 0 spiro atoms. The van der Waals surface area contributed by atoms with Gasteiger partial charge in [0.1, 0.15) is 12.4 Å². The number of carbonyl (C=O) groups is 2. The Labute approximate surface area is 138 Å². The SMILES string of the molecule is CC(=O)N1CCN(C(=O)NCCOc2ccccc2Br)CC1. The van der Waals surface area contributed by atoms with Crippen LogP contribution in [-0.4, -0.2) is 61.1 Å². The summed E-state index contributed by atoms with van der Waals surface area (Å²) in [5.74, 6) is 0.814. The summed E-state index contributed by atoms with van der Waals surface area (Å²) in [6, 6.07) is 7.47. The van der Waals surface area contributed by atoms with E-state index in [1.165, 1.54) is 0 Å². The number of para-hydroxylation sites is 1. The number of piperazine rings is 1. The first-order chi connectivity index (χ1) is 10.6. The fourth-order valence-corrected chi connectivity index (χ4v) is 2.62. The third kappa shape index (κ3) is 4.62. The summed E-state index contributed by atoms with van der Waals surface area (Å²) in [4.78, 5) is 26.7. The maximum atomic E-state index is 12.0. The van der Waals surface area contributed by atoms with Crippen molar-refractivity contribution < 1.29 is 14.3 Å². The molecule has 2 rings (SSSR count). The van der Waals surface area contributed by atoms with E-state index >= 15 is 0 Å². The zero-order chi connectivity index (χ0) is 15.9. The molecule has 1 aliphatic heterocycles. The monoisotopic (exact) mass is 369 g/mol. The summed E-state index contributed by atoms with van der Waals surface area (Å²) in [6.07, 6.45) is 0. The van der Waals surface area contributed by atoms with Crippen LogP contribution in [0.2, 0.25) is 0 Å². The number of nitrogens with zero attached hydrogens (tertiary/aromatic N) is 2. The highest BCUT2D eigenvalue weighted by molar-refractivity contribution is 9.10. The Balaban J connectivity index is 1.66. The Morgan fingerprint density at radius 3 is 2.45 bits per heavy atom. The molecule has 1 fully saturated rings. The zero-order valence-electron chi connectivity index (χ0n) is 12.5. The molecule has 0 atom stereocenters. The number of amides is 3. The first-order valence-electron chi connectivity index (χ1n) is 7.23. The summed E-state index contributed by atoms with van der Waals surface area (Å²) in [6.45, 7) is 4.71. The number of hydrogen-bond donors (Lipinski definition) is 1. The smallest absolute Gasteiger partial charge is 0.317 e. The van der Waals surface area contributed by atoms with Gasteiger partial charge in [-0.1, -0.05) is 12.1 Å². The fraction of sp³-hybridized carbons (Fsp3) is 0.467. The molecule has 3 amide bonds. The van der Waals surface area contributed by atoms with Gasteiger partial charge in [-0.05, 0) is 28.1 Å². The lowest BCUT2D eigenvalue weighted by Crippen LogP contribution is -2.53. The molecule has 1 N–H and O–H groups in total. The predicted octanol–water partition coefficient (Wildman–Crippen LogP) is 1.70. The van der Waals surface area contributed by atoms with Gasteiger partial charge in [-0.15, -0.1) is 0 Å². The van der Waals surface area contributed by atoms with Gasteiger partial charge >= 0.3 is 6.03 Å². The Bertz CT molecular complexity index is 531. The molecule has 1 aromatic carbocycles. The number of rotatable bonds is 4. The minimum Gasteiger partial charge on any atom is -0.491 e. The molecule has 7 heteroatoms. The summed E-state index contributed by atoms with van der Waals surface area (Å²) in [7, 11) is 0. The van der Waals surface area contributed by atoms with Crippen LogP contribution in [0.3, 0.4) is 0 Å². The number of benzene rings is 1. The van der Waals surface area contributed by atoms with E-state index in [0.29, 0.717) is 39.3 Å². The van der Waals surface area contributed by atoms with Gasteiger partial charge < -0.3 is 19.9 Å². The van der Waals surface area contributed by atoms with Crippen molar-refractivity contribution in [3.63, 3.8) is 0 Å². The lowest BCUT2D eigenvalue weighted by molar-refractivity contribution is -0.130. The normalized spacial score (nSPS) is 14.6. The maximum absolute atomic E-state index is 12.0. The summed E-state index contributed by atoms with van der Waals surface area (Å²) >= 11 is 3.40. The Kier molecular flexibility index (Phi) is 6.06. The largest absolute Gasteiger partial charge is 0.491 e. The van der Waals surface area contributed by atoms with E-state index in [0.717, 1.165) is 10.2 Å². The number of urea groups is 1. The number of nitrogens with one attached hydrogen (secondary N) is 1. The second-order valence-electron chi connectivity index (χ2n) is 5.00. The van der Waals surface area contributed by atoms with Gasteiger partial charge in [-0.3, -0.25) is 4.79 Å². The van der Waals surface area contributed by atoms with Crippen LogP contribution >= 0.6 is 15.9 Å². The molecule has 120 valence electrons. The van der Waals surface area contributed by atoms with Crippen LogP contribution in [0.25, 0.3) is 0 Å². The average Bonchev–Trinajstić information content (AvgIpc) is 2.53. The first-order valence-corrected chi connectivity index (χ1v) is 8.03.